The molecule has 0 saturated heterocycles. The Morgan fingerprint density at radius 2 is 1.88 bits per heavy atom. The molecular formula is C20H22N4OS. The minimum absolute atomic E-state index is 0.0244. The summed E-state index contributed by atoms with van der Waals surface area (Å²) >= 11 is 1.41. The minimum atomic E-state index is -0.283. The number of carbonyl (C=O) groups is 1. The summed E-state index contributed by atoms with van der Waals surface area (Å²) < 4.78 is 1.94. The van der Waals surface area contributed by atoms with Crippen LogP contribution in [0.4, 0.5) is 5.69 Å². The number of aryl methyl sites for hydroxylation is 2. The predicted molar refractivity (Wildman–Crippen MR) is 106 cm³/mol. The maximum absolute atomic E-state index is 12.8. The molecule has 2 aromatic carbocycles. The Bertz CT molecular complexity index is 907. The van der Waals surface area contributed by atoms with Gasteiger partial charge in [-0.25, -0.2) is 0 Å². The van der Waals surface area contributed by atoms with Crippen molar-refractivity contribution < 1.29 is 4.79 Å². The number of aromatic nitrogens is 3. The van der Waals surface area contributed by atoms with Gasteiger partial charge in [-0.05, 0) is 44.5 Å². The average Bonchev–Trinajstić information content (AvgIpc) is 3.09. The number of thioether (sulfide) groups is 1. The molecular weight excluding hydrogens is 344 g/mol. The highest BCUT2D eigenvalue weighted by molar-refractivity contribution is 8.00. The molecule has 0 spiro atoms. The van der Waals surface area contributed by atoms with Crippen LogP contribution < -0.4 is 4.90 Å². The molecule has 1 aromatic heterocycles. The van der Waals surface area contributed by atoms with Crippen molar-refractivity contribution in [3.05, 3.63) is 66.0 Å². The molecule has 6 heteroatoms. The van der Waals surface area contributed by atoms with Gasteiger partial charge in [-0.1, -0.05) is 47.7 Å². The Kier molecular flexibility index (Phi) is 5.42. The maximum Gasteiger partial charge on any atom is 0.240 e. The van der Waals surface area contributed by atoms with Gasteiger partial charge < -0.3 is 4.90 Å². The number of nitrogens with zero attached hydrogens (tertiary/aromatic N) is 4. The van der Waals surface area contributed by atoms with E-state index in [2.05, 4.69) is 42.2 Å². The fraction of sp³-hybridized carbons (Fsp3) is 0.250. The normalized spacial score (nSPS) is 12.0. The third kappa shape index (κ3) is 3.80. The Morgan fingerprint density at radius 1 is 1.15 bits per heavy atom. The van der Waals surface area contributed by atoms with Crippen molar-refractivity contribution in [3.8, 4) is 5.69 Å². The van der Waals surface area contributed by atoms with E-state index in [4.69, 9.17) is 0 Å². The van der Waals surface area contributed by atoms with Gasteiger partial charge in [-0.3, -0.25) is 9.36 Å². The van der Waals surface area contributed by atoms with E-state index < -0.39 is 0 Å². The third-order valence-corrected chi connectivity index (χ3v) is 5.28. The first-order valence-corrected chi connectivity index (χ1v) is 9.32. The molecule has 3 aromatic rings. The third-order valence-electron chi connectivity index (χ3n) is 4.23. The van der Waals surface area contributed by atoms with Crippen LogP contribution >= 0.6 is 11.8 Å². The number of carbonyl (C=O) groups excluding carboxylic acids is 1. The second-order valence-corrected chi connectivity index (χ2v) is 7.57. The molecule has 26 heavy (non-hydrogen) atoms. The zero-order valence-electron chi connectivity index (χ0n) is 15.4. The Hall–Kier alpha value is -2.60. The lowest BCUT2D eigenvalue weighted by atomic mass is 10.1. The van der Waals surface area contributed by atoms with Crippen LogP contribution in [0.3, 0.4) is 0 Å². The predicted octanol–water partition coefficient (Wildman–Crippen LogP) is 4.03. The van der Waals surface area contributed by atoms with E-state index in [0.29, 0.717) is 5.16 Å². The number of benzene rings is 2. The zero-order chi connectivity index (χ0) is 18.7. The van der Waals surface area contributed by atoms with Gasteiger partial charge in [-0.15, -0.1) is 10.2 Å². The van der Waals surface area contributed by atoms with Gasteiger partial charge in [0.15, 0.2) is 5.16 Å². The number of anilines is 1. The van der Waals surface area contributed by atoms with Crippen molar-refractivity contribution in [3.63, 3.8) is 0 Å². The molecule has 0 N–H and O–H groups in total. The van der Waals surface area contributed by atoms with Gasteiger partial charge in [-0.2, -0.15) is 0 Å². The highest BCUT2D eigenvalue weighted by Crippen LogP contribution is 2.27. The van der Waals surface area contributed by atoms with E-state index in [9.17, 15) is 4.79 Å². The lowest BCUT2D eigenvalue weighted by Crippen LogP contribution is -2.33. The number of para-hydroxylation sites is 1. The highest BCUT2D eigenvalue weighted by atomic mass is 32.2. The zero-order valence-corrected chi connectivity index (χ0v) is 16.2. The molecule has 0 unspecified atom stereocenters. The fourth-order valence-corrected chi connectivity index (χ4v) is 3.73. The van der Waals surface area contributed by atoms with Crippen LogP contribution in [0.2, 0.25) is 0 Å². The molecule has 0 saturated carbocycles. The SMILES string of the molecule is Cc1ccc(-n2cnnc2S[C@@H](C)C(=O)N(C)c2ccccc2)c(C)c1. The summed E-state index contributed by atoms with van der Waals surface area (Å²) in [4.78, 5) is 14.5. The molecule has 0 radical (unpaired) electrons. The average molecular weight is 366 g/mol. The first-order chi connectivity index (χ1) is 12.5. The Labute approximate surface area is 158 Å². The first-order valence-electron chi connectivity index (χ1n) is 8.44. The summed E-state index contributed by atoms with van der Waals surface area (Å²) in [5.41, 5.74) is 4.26. The summed E-state index contributed by atoms with van der Waals surface area (Å²) in [6.45, 7) is 6.03. The highest BCUT2D eigenvalue weighted by Gasteiger charge is 2.22. The maximum atomic E-state index is 12.8. The van der Waals surface area contributed by atoms with Crippen molar-refractivity contribution in [2.45, 2.75) is 31.2 Å². The number of hydrogen-bond acceptors (Lipinski definition) is 4. The topological polar surface area (TPSA) is 51.0 Å². The van der Waals surface area contributed by atoms with Crippen molar-refractivity contribution in [2.24, 2.45) is 0 Å². The summed E-state index contributed by atoms with van der Waals surface area (Å²) in [6.07, 6.45) is 1.69. The van der Waals surface area contributed by atoms with Gasteiger partial charge in [0.1, 0.15) is 6.33 Å². The number of rotatable bonds is 5. The quantitative estimate of drug-likeness (QED) is 0.640. The first kappa shape index (κ1) is 18.2. The van der Waals surface area contributed by atoms with E-state index in [0.717, 1.165) is 16.9 Å². The second kappa shape index (κ2) is 7.74. The number of hydrogen-bond donors (Lipinski definition) is 0. The molecule has 5 nitrogen and oxygen atoms in total. The number of amides is 1. The van der Waals surface area contributed by atoms with E-state index in [1.54, 1.807) is 18.3 Å². The molecule has 0 fully saturated rings. The van der Waals surface area contributed by atoms with E-state index in [-0.39, 0.29) is 11.2 Å². The van der Waals surface area contributed by atoms with Crippen LogP contribution in [0.1, 0.15) is 18.1 Å². The van der Waals surface area contributed by atoms with E-state index >= 15 is 0 Å². The minimum Gasteiger partial charge on any atom is -0.315 e. The molecule has 134 valence electrons. The van der Waals surface area contributed by atoms with Crippen molar-refractivity contribution in [2.75, 3.05) is 11.9 Å². The summed E-state index contributed by atoms with van der Waals surface area (Å²) in [5, 5.41) is 8.68. The molecule has 0 bridgehead atoms. The van der Waals surface area contributed by atoms with Crippen LogP contribution in [0.15, 0.2) is 60.0 Å². The van der Waals surface area contributed by atoms with Gasteiger partial charge in [0.05, 0.1) is 10.9 Å². The van der Waals surface area contributed by atoms with Crippen LogP contribution in [0.25, 0.3) is 5.69 Å². The van der Waals surface area contributed by atoms with Crippen LogP contribution in [-0.2, 0) is 4.79 Å². The van der Waals surface area contributed by atoms with Gasteiger partial charge in [0, 0.05) is 12.7 Å². The van der Waals surface area contributed by atoms with Gasteiger partial charge in [0.25, 0.3) is 0 Å². The molecule has 0 aliphatic rings. The lowest BCUT2D eigenvalue weighted by molar-refractivity contribution is -0.117. The summed E-state index contributed by atoms with van der Waals surface area (Å²) in [5.74, 6) is 0.0244. The molecule has 1 atom stereocenters. The van der Waals surface area contributed by atoms with Crippen molar-refractivity contribution in [1.82, 2.24) is 14.8 Å². The monoisotopic (exact) mass is 366 g/mol. The van der Waals surface area contributed by atoms with Gasteiger partial charge in [0.2, 0.25) is 5.91 Å². The molecule has 0 aliphatic heterocycles. The summed E-state index contributed by atoms with van der Waals surface area (Å²) in [7, 11) is 1.80. The second-order valence-electron chi connectivity index (χ2n) is 6.27. The van der Waals surface area contributed by atoms with E-state index in [1.165, 1.54) is 17.3 Å². The molecule has 1 amide bonds. The molecule has 1 heterocycles. The fourth-order valence-electron chi connectivity index (χ4n) is 2.81. The lowest BCUT2D eigenvalue weighted by Gasteiger charge is -2.21. The Balaban J connectivity index is 1.79. The van der Waals surface area contributed by atoms with Crippen LogP contribution in [-0.4, -0.2) is 33.0 Å². The largest absolute Gasteiger partial charge is 0.315 e. The van der Waals surface area contributed by atoms with Crippen molar-refractivity contribution in [1.29, 1.82) is 0 Å². The van der Waals surface area contributed by atoms with Crippen LogP contribution in [0.5, 0.6) is 0 Å². The van der Waals surface area contributed by atoms with E-state index in [1.807, 2.05) is 41.8 Å². The smallest absolute Gasteiger partial charge is 0.240 e. The molecule has 3 rings (SSSR count). The summed E-state index contributed by atoms with van der Waals surface area (Å²) in [6, 6.07) is 15.9. The molecule has 0 aliphatic carbocycles. The van der Waals surface area contributed by atoms with Crippen molar-refractivity contribution >= 4 is 23.4 Å². The van der Waals surface area contributed by atoms with Crippen LogP contribution in [0, 0.1) is 13.8 Å². The standard InChI is InChI=1S/C20H22N4OS/c1-14-10-11-18(15(2)12-14)24-13-21-22-20(24)26-16(3)19(25)23(4)17-8-6-5-7-9-17/h5-13,16H,1-4H3/t16-/m0/s1. The van der Waals surface area contributed by atoms with Gasteiger partial charge >= 0.3 is 0 Å². The Morgan fingerprint density at radius 3 is 2.58 bits per heavy atom.